The Morgan fingerprint density at radius 2 is 2.21 bits per heavy atom. The van der Waals surface area contributed by atoms with Gasteiger partial charge in [-0.05, 0) is 29.7 Å². The normalized spacial score (nSPS) is 24.7. The molecule has 1 aromatic rings. The average molecular weight is 190 g/mol. The van der Waals surface area contributed by atoms with Gasteiger partial charge in [-0.3, -0.25) is 0 Å². The molecule has 0 spiro atoms. The molecule has 1 aliphatic rings. The van der Waals surface area contributed by atoms with Crippen LogP contribution in [-0.4, -0.2) is 15.8 Å². The van der Waals surface area contributed by atoms with Gasteiger partial charge < -0.3 is 10.2 Å². The molecule has 2 heteroatoms. The van der Waals surface area contributed by atoms with E-state index in [1.165, 1.54) is 0 Å². The fraction of sp³-hybridized carbons (Fsp3) is 0.333. The Labute approximate surface area is 83.5 Å². The molecule has 74 valence electrons. The van der Waals surface area contributed by atoms with Crippen LogP contribution in [0.25, 0.3) is 6.08 Å². The van der Waals surface area contributed by atoms with Crippen molar-refractivity contribution in [2.45, 2.75) is 25.4 Å². The van der Waals surface area contributed by atoms with Crippen LogP contribution in [0, 0.1) is 0 Å². The molecule has 1 atom stereocenters. The van der Waals surface area contributed by atoms with E-state index in [2.05, 4.69) is 0 Å². The molecule has 2 rings (SSSR count). The molecule has 1 aromatic carbocycles. The molecule has 1 unspecified atom stereocenters. The van der Waals surface area contributed by atoms with E-state index in [9.17, 15) is 10.2 Å². The first-order valence-corrected chi connectivity index (χ1v) is 4.86. The van der Waals surface area contributed by atoms with Gasteiger partial charge in [0, 0.05) is 6.42 Å². The molecule has 0 saturated heterocycles. The minimum absolute atomic E-state index is 0.262. The fourth-order valence-electron chi connectivity index (χ4n) is 1.78. The van der Waals surface area contributed by atoms with Gasteiger partial charge in [0.2, 0.25) is 0 Å². The number of aromatic hydroxyl groups is 1. The molecule has 1 aliphatic carbocycles. The van der Waals surface area contributed by atoms with Crippen LogP contribution in [0.3, 0.4) is 0 Å². The number of phenols is 1. The van der Waals surface area contributed by atoms with Crippen LogP contribution < -0.4 is 0 Å². The highest BCUT2D eigenvalue weighted by Crippen LogP contribution is 2.30. The number of hydrogen-bond acceptors (Lipinski definition) is 2. The average Bonchev–Trinajstić information content (AvgIpc) is 2.17. The molecule has 0 radical (unpaired) electrons. The van der Waals surface area contributed by atoms with Gasteiger partial charge >= 0.3 is 0 Å². The van der Waals surface area contributed by atoms with Crippen molar-refractivity contribution in [3.63, 3.8) is 0 Å². The second-order valence-electron chi connectivity index (χ2n) is 3.85. The Balaban J connectivity index is 2.42. The molecule has 0 aliphatic heterocycles. The Hall–Kier alpha value is -1.28. The summed E-state index contributed by atoms with van der Waals surface area (Å²) in [6.07, 6.45) is 5.04. The van der Waals surface area contributed by atoms with E-state index in [-0.39, 0.29) is 5.75 Å². The molecule has 2 nitrogen and oxygen atoms in total. The summed E-state index contributed by atoms with van der Waals surface area (Å²) in [6, 6.07) is 5.26. The summed E-state index contributed by atoms with van der Waals surface area (Å²) < 4.78 is 0. The topological polar surface area (TPSA) is 40.5 Å². The van der Waals surface area contributed by atoms with Gasteiger partial charge in [0.15, 0.2) is 0 Å². The summed E-state index contributed by atoms with van der Waals surface area (Å²) in [5.41, 5.74) is 1.36. The zero-order chi connectivity index (χ0) is 10.2. The summed E-state index contributed by atoms with van der Waals surface area (Å²) in [7, 11) is 0. The third-order valence-electron chi connectivity index (χ3n) is 2.81. The highest BCUT2D eigenvalue weighted by molar-refractivity contribution is 5.59. The van der Waals surface area contributed by atoms with Crippen molar-refractivity contribution in [1.29, 1.82) is 0 Å². The first-order valence-electron chi connectivity index (χ1n) is 4.86. The molecular weight excluding hydrogens is 176 g/mol. The van der Waals surface area contributed by atoms with Crippen LogP contribution in [0.1, 0.15) is 24.5 Å². The van der Waals surface area contributed by atoms with Crippen LogP contribution in [0.5, 0.6) is 5.75 Å². The number of aliphatic hydroxyl groups is 1. The fourth-order valence-corrected chi connectivity index (χ4v) is 1.78. The Morgan fingerprint density at radius 1 is 1.43 bits per heavy atom. The van der Waals surface area contributed by atoms with Crippen LogP contribution in [0.4, 0.5) is 0 Å². The van der Waals surface area contributed by atoms with Crippen molar-refractivity contribution in [1.82, 2.24) is 0 Å². The minimum Gasteiger partial charge on any atom is -0.508 e. The van der Waals surface area contributed by atoms with Gasteiger partial charge in [-0.25, -0.2) is 0 Å². The molecule has 0 amide bonds. The maximum Gasteiger partial charge on any atom is 0.115 e. The quantitative estimate of drug-likeness (QED) is 0.712. The van der Waals surface area contributed by atoms with E-state index in [1.807, 2.05) is 25.1 Å². The Kier molecular flexibility index (Phi) is 2.08. The lowest BCUT2D eigenvalue weighted by molar-refractivity contribution is 0.0867. The number of hydrogen-bond donors (Lipinski definition) is 2. The van der Waals surface area contributed by atoms with Crippen LogP contribution in [0.2, 0.25) is 0 Å². The van der Waals surface area contributed by atoms with E-state index in [1.54, 1.807) is 12.1 Å². The molecule has 14 heavy (non-hydrogen) atoms. The van der Waals surface area contributed by atoms with Gasteiger partial charge in [-0.15, -0.1) is 0 Å². The lowest BCUT2D eigenvalue weighted by Gasteiger charge is -2.27. The minimum atomic E-state index is -0.735. The largest absolute Gasteiger partial charge is 0.508 e. The molecule has 0 saturated carbocycles. The summed E-state index contributed by atoms with van der Waals surface area (Å²) in [6.45, 7) is 1.96. The molecular formula is C12H14O2. The number of phenolic OH excluding ortho intramolecular Hbond substituents is 1. The molecule has 0 aromatic heterocycles. The van der Waals surface area contributed by atoms with E-state index in [0.29, 0.717) is 12.8 Å². The first-order chi connectivity index (χ1) is 6.63. The molecule has 0 fully saturated rings. The maximum absolute atomic E-state index is 10.0. The van der Waals surface area contributed by atoms with Crippen molar-refractivity contribution in [2.75, 3.05) is 0 Å². The van der Waals surface area contributed by atoms with Gasteiger partial charge in [-0.1, -0.05) is 25.1 Å². The summed E-state index contributed by atoms with van der Waals surface area (Å²) in [5, 5.41) is 19.4. The molecule has 2 N–H and O–H groups in total. The van der Waals surface area contributed by atoms with Gasteiger partial charge in [0.25, 0.3) is 0 Å². The maximum atomic E-state index is 10.0. The van der Waals surface area contributed by atoms with Gasteiger partial charge in [0.05, 0.1) is 5.60 Å². The van der Waals surface area contributed by atoms with Crippen molar-refractivity contribution < 1.29 is 10.2 Å². The van der Waals surface area contributed by atoms with E-state index < -0.39 is 5.60 Å². The third-order valence-corrected chi connectivity index (χ3v) is 2.81. The highest BCUT2D eigenvalue weighted by atomic mass is 16.3. The second-order valence-corrected chi connectivity index (χ2v) is 3.85. The van der Waals surface area contributed by atoms with Crippen molar-refractivity contribution in [3.8, 4) is 5.75 Å². The second kappa shape index (κ2) is 3.14. The lowest BCUT2D eigenvalue weighted by Crippen LogP contribution is -2.29. The van der Waals surface area contributed by atoms with Gasteiger partial charge in [0.1, 0.15) is 5.75 Å². The highest BCUT2D eigenvalue weighted by Gasteiger charge is 2.25. The zero-order valence-corrected chi connectivity index (χ0v) is 8.20. The van der Waals surface area contributed by atoms with Crippen molar-refractivity contribution in [2.24, 2.45) is 0 Å². The summed E-state index contributed by atoms with van der Waals surface area (Å²) in [5.74, 6) is 0.262. The van der Waals surface area contributed by atoms with Gasteiger partial charge in [-0.2, -0.15) is 0 Å². The standard InChI is InChI=1S/C12H14O2/c1-2-12(14)6-5-9-3-4-11(13)7-10(9)8-12/h3-7,13-14H,2,8H2,1H3. The number of benzene rings is 1. The molecule has 0 heterocycles. The summed E-state index contributed by atoms with van der Waals surface area (Å²) in [4.78, 5) is 0. The predicted octanol–water partition coefficient (Wildman–Crippen LogP) is 2.10. The predicted molar refractivity (Wildman–Crippen MR) is 56.1 cm³/mol. The third kappa shape index (κ3) is 1.53. The Bertz CT molecular complexity index is 382. The zero-order valence-electron chi connectivity index (χ0n) is 8.20. The smallest absolute Gasteiger partial charge is 0.115 e. The lowest BCUT2D eigenvalue weighted by atomic mass is 9.84. The van der Waals surface area contributed by atoms with Crippen molar-refractivity contribution >= 4 is 6.08 Å². The monoisotopic (exact) mass is 190 g/mol. The number of rotatable bonds is 1. The van der Waals surface area contributed by atoms with E-state index in [4.69, 9.17) is 0 Å². The molecule has 0 bridgehead atoms. The Morgan fingerprint density at radius 3 is 2.93 bits per heavy atom. The van der Waals surface area contributed by atoms with Crippen LogP contribution in [-0.2, 0) is 6.42 Å². The van der Waals surface area contributed by atoms with Crippen LogP contribution in [0.15, 0.2) is 24.3 Å². The van der Waals surface area contributed by atoms with Crippen LogP contribution >= 0.6 is 0 Å². The van der Waals surface area contributed by atoms with E-state index in [0.717, 1.165) is 11.1 Å². The van der Waals surface area contributed by atoms with E-state index >= 15 is 0 Å². The SMILES string of the molecule is CCC1(O)C=Cc2ccc(O)cc2C1. The van der Waals surface area contributed by atoms with Crippen molar-refractivity contribution in [3.05, 3.63) is 35.4 Å². The number of fused-ring (bicyclic) bond motifs is 1. The summed E-state index contributed by atoms with van der Waals surface area (Å²) >= 11 is 0. The first kappa shape index (κ1) is 9.28.